The quantitative estimate of drug-likeness (QED) is 0.589. The van der Waals surface area contributed by atoms with E-state index in [0.717, 1.165) is 37.6 Å². The number of hydrogen-bond acceptors (Lipinski definition) is 3. The molecule has 2 rings (SSSR count). The number of piperidine rings is 1. The van der Waals surface area contributed by atoms with Crippen LogP contribution in [0.4, 0.5) is 0 Å². The summed E-state index contributed by atoms with van der Waals surface area (Å²) in [7, 11) is 0. The summed E-state index contributed by atoms with van der Waals surface area (Å²) in [4.78, 5) is 14.9. The van der Waals surface area contributed by atoms with Crippen molar-refractivity contribution in [2.75, 3.05) is 6.54 Å². The van der Waals surface area contributed by atoms with Gasteiger partial charge in [0.2, 0.25) is 0 Å². The Labute approximate surface area is 132 Å². The van der Waals surface area contributed by atoms with Gasteiger partial charge in [0.15, 0.2) is 0 Å². The van der Waals surface area contributed by atoms with Gasteiger partial charge in [0, 0.05) is 18.2 Å². The van der Waals surface area contributed by atoms with Crippen molar-refractivity contribution >= 4 is 40.9 Å². The molecule has 1 aliphatic heterocycles. The molecule has 0 spiro atoms. The number of nitriles is 1. The van der Waals surface area contributed by atoms with E-state index in [2.05, 4.69) is 6.92 Å². The van der Waals surface area contributed by atoms with Crippen LogP contribution in [0.15, 0.2) is 17.0 Å². The average Bonchev–Trinajstić information content (AvgIpc) is 2.42. The number of likely N-dealkylation sites (tertiary alicyclic amines) is 1. The maximum atomic E-state index is 12.5. The van der Waals surface area contributed by atoms with Crippen LogP contribution in [0.1, 0.15) is 36.5 Å². The van der Waals surface area contributed by atoms with E-state index < -0.39 is 0 Å². The highest BCUT2D eigenvalue weighted by atomic mass is 35.5. The molecule has 1 amide bonds. The molecule has 0 aromatic heterocycles. The van der Waals surface area contributed by atoms with E-state index in [0.29, 0.717) is 20.5 Å². The first kappa shape index (κ1) is 15.5. The van der Waals surface area contributed by atoms with Gasteiger partial charge in [0.05, 0.1) is 14.9 Å². The summed E-state index contributed by atoms with van der Waals surface area (Å²) in [6, 6.07) is 3.43. The number of amides is 1. The van der Waals surface area contributed by atoms with Gasteiger partial charge >= 0.3 is 0 Å². The summed E-state index contributed by atoms with van der Waals surface area (Å²) in [6.07, 6.45) is 3.21. The summed E-state index contributed by atoms with van der Waals surface area (Å²) in [6.45, 7) is 2.82. The number of benzene rings is 1. The van der Waals surface area contributed by atoms with Gasteiger partial charge in [-0.1, -0.05) is 23.2 Å². The fraction of sp³-hybridized carbons (Fsp3) is 0.429. The molecule has 1 heterocycles. The minimum atomic E-state index is -0.0468. The molecule has 0 saturated carbocycles. The van der Waals surface area contributed by atoms with Gasteiger partial charge in [-0.2, -0.15) is 5.26 Å². The second-order valence-electron chi connectivity index (χ2n) is 4.81. The predicted molar refractivity (Wildman–Crippen MR) is 82.3 cm³/mol. The van der Waals surface area contributed by atoms with Gasteiger partial charge in [-0.25, -0.2) is 0 Å². The smallest absolute Gasteiger partial charge is 0.254 e. The van der Waals surface area contributed by atoms with Crippen LogP contribution < -0.4 is 0 Å². The third kappa shape index (κ3) is 3.22. The Hall–Kier alpha value is -0.890. The van der Waals surface area contributed by atoms with Crippen molar-refractivity contribution in [3.8, 4) is 5.40 Å². The monoisotopic (exact) mass is 328 g/mol. The number of hydrogen-bond donors (Lipinski definition) is 0. The van der Waals surface area contributed by atoms with Crippen molar-refractivity contribution in [2.45, 2.75) is 37.1 Å². The normalized spacial score (nSPS) is 18.7. The van der Waals surface area contributed by atoms with Crippen LogP contribution in [0, 0.1) is 10.7 Å². The SMILES string of the molecule is CC1CCCCN1C(=O)c1cc(Cl)c(SC#N)c(Cl)c1. The lowest BCUT2D eigenvalue weighted by molar-refractivity contribution is 0.0635. The molecule has 6 heteroatoms. The third-order valence-corrected chi connectivity index (χ3v) is 5.01. The van der Waals surface area contributed by atoms with E-state index in [4.69, 9.17) is 28.5 Å². The molecule has 1 fully saturated rings. The second-order valence-corrected chi connectivity index (χ2v) is 6.42. The summed E-state index contributed by atoms with van der Waals surface area (Å²) < 4.78 is 0. The first-order valence-electron chi connectivity index (χ1n) is 6.40. The Morgan fingerprint density at radius 2 is 2.05 bits per heavy atom. The van der Waals surface area contributed by atoms with Crippen molar-refractivity contribution in [1.29, 1.82) is 5.26 Å². The summed E-state index contributed by atoms with van der Waals surface area (Å²) in [5.41, 5.74) is 0.482. The number of carbonyl (C=O) groups is 1. The predicted octanol–water partition coefficient (Wildman–Crippen LogP) is 4.58. The van der Waals surface area contributed by atoms with Gasteiger partial charge in [-0.3, -0.25) is 4.79 Å². The lowest BCUT2D eigenvalue weighted by atomic mass is 10.0. The summed E-state index contributed by atoms with van der Waals surface area (Å²) in [5, 5.41) is 11.3. The molecule has 0 aliphatic carbocycles. The molecule has 1 saturated heterocycles. The maximum absolute atomic E-state index is 12.5. The number of carbonyl (C=O) groups excluding carboxylic acids is 1. The van der Waals surface area contributed by atoms with Gasteiger partial charge in [0.1, 0.15) is 5.40 Å². The second kappa shape index (κ2) is 6.71. The van der Waals surface area contributed by atoms with E-state index in [9.17, 15) is 4.79 Å². The molecule has 1 atom stereocenters. The molecule has 0 bridgehead atoms. The highest BCUT2D eigenvalue weighted by Crippen LogP contribution is 2.35. The first-order valence-corrected chi connectivity index (χ1v) is 7.97. The highest BCUT2D eigenvalue weighted by molar-refractivity contribution is 8.04. The van der Waals surface area contributed by atoms with Crippen LogP contribution >= 0.6 is 35.0 Å². The Balaban J connectivity index is 2.29. The van der Waals surface area contributed by atoms with Gasteiger partial charge in [0.25, 0.3) is 5.91 Å². The molecule has 20 heavy (non-hydrogen) atoms. The average molecular weight is 329 g/mol. The largest absolute Gasteiger partial charge is 0.336 e. The number of thioether (sulfide) groups is 1. The molecule has 1 aromatic carbocycles. The zero-order valence-electron chi connectivity index (χ0n) is 11.0. The molecule has 0 N–H and O–H groups in total. The van der Waals surface area contributed by atoms with Gasteiger partial charge < -0.3 is 4.90 Å². The standard InChI is InChI=1S/C14H14Cl2N2OS/c1-9-4-2-3-5-18(9)14(19)10-6-11(15)13(20-8-17)12(16)7-10/h6-7,9H,2-5H2,1H3. The van der Waals surface area contributed by atoms with Crippen LogP contribution in [0.5, 0.6) is 0 Å². The van der Waals surface area contributed by atoms with Crippen LogP contribution in [-0.2, 0) is 0 Å². The van der Waals surface area contributed by atoms with Gasteiger partial charge in [-0.15, -0.1) is 0 Å². The zero-order valence-corrected chi connectivity index (χ0v) is 13.4. The zero-order chi connectivity index (χ0) is 14.7. The summed E-state index contributed by atoms with van der Waals surface area (Å²) in [5.74, 6) is -0.0468. The van der Waals surface area contributed by atoms with Crippen LogP contribution in [-0.4, -0.2) is 23.4 Å². The lowest BCUT2D eigenvalue weighted by Gasteiger charge is -2.33. The Morgan fingerprint density at radius 3 is 2.60 bits per heavy atom. The van der Waals surface area contributed by atoms with Crippen LogP contribution in [0.2, 0.25) is 10.0 Å². The maximum Gasteiger partial charge on any atom is 0.254 e. The van der Waals surface area contributed by atoms with Crippen molar-refractivity contribution < 1.29 is 4.79 Å². The van der Waals surface area contributed by atoms with Crippen molar-refractivity contribution in [3.63, 3.8) is 0 Å². The molecule has 1 aliphatic rings. The Morgan fingerprint density at radius 1 is 1.40 bits per heavy atom. The Kier molecular flexibility index (Phi) is 5.20. The lowest BCUT2D eigenvalue weighted by Crippen LogP contribution is -2.42. The molecule has 1 aromatic rings. The number of rotatable bonds is 2. The minimum Gasteiger partial charge on any atom is -0.336 e. The van der Waals surface area contributed by atoms with Crippen molar-refractivity contribution in [3.05, 3.63) is 27.7 Å². The van der Waals surface area contributed by atoms with E-state index in [-0.39, 0.29) is 11.9 Å². The fourth-order valence-corrected chi connectivity index (χ4v) is 3.51. The topological polar surface area (TPSA) is 44.1 Å². The third-order valence-electron chi connectivity index (χ3n) is 3.46. The number of halogens is 2. The minimum absolute atomic E-state index is 0.0468. The Bertz CT molecular complexity index is 548. The molecular weight excluding hydrogens is 315 g/mol. The number of nitrogens with zero attached hydrogens (tertiary/aromatic N) is 2. The van der Waals surface area contributed by atoms with E-state index >= 15 is 0 Å². The van der Waals surface area contributed by atoms with Crippen molar-refractivity contribution in [2.24, 2.45) is 0 Å². The molecule has 3 nitrogen and oxygen atoms in total. The molecule has 1 unspecified atom stereocenters. The molecular formula is C14H14Cl2N2OS. The fourth-order valence-electron chi connectivity index (χ4n) is 2.39. The van der Waals surface area contributed by atoms with Gasteiger partial charge in [-0.05, 0) is 50.1 Å². The van der Waals surface area contributed by atoms with E-state index in [1.165, 1.54) is 0 Å². The highest BCUT2D eigenvalue weighted by Gasteiger charge is 2.25. The van der Waals surface area contributed by atoms with E-state index in [1.807, 2.05) is 10.3 Å². The summed E-state index contributed by atoms with van der Waals surface area (Å²) >= 11 is 13.1. The first-order chi connectivity index (χ1) is 9.54. The van der Waals surface area contributed by atoms with Crippen LogP contribution in [0.3, 0.4) is 0 Å². The molecule has 106 valence electrons. The van der Waals surface area contributed by atoms with Crippen molar-refractivity contribution in [1.82, 2.24) is 4.90 Å². The van der Waals surface area contributed by atoms with Crippen LogP contribution in [0.25, 0.3) is 0 Å². The number of thiocyanates is 1. The molecule has 0 radical (unpaired) electrons. The van der Waals surface area contributed by atoms with E-state index in [1.54, 1.807) is 12.1 Å².